The zero-order chi connectivity index (χ0) is 15.4. The van der Waals surface area contributed by atoms with Gasteiger partial charge in [0.25, 0.3) is 5.91 Å². The summed E-state index contributed by atoms with van der Waals surface area (Å²) in [6.45, 7) is 1.04. The summed E-state index contributed by atoms with van der Waals surface area (Å²) in [6, 6.07) is 6.52. The van der Waals surface area contributed by atoms with Crippen molar-refractivity contribution in [1.82, 2.24) is 4.90 Å². The second kappa shape index (κ2) is 6.25. The number of benzene rings is 1. The number of likely N-dealkylation sites (tertiary alicyclic amines) is 1. The molecule has 1 aliphatic heterocycles. The normalized spacial score (nSPS) is 16.8. The lowest BCUT2D eigenvalue weighted by Crippen LogP contribution is -2.41. The minimum atomic E-state index is -0.301. The van der Waals surface area contributed by atoms with E-state index in [2.05, 4.69) is 5.16 Å². The van der Waals surface area contributed by atoms with E-state index < -0.39 is 0 Å². The Morgan fingerprint density at radius 3 is 2.10 bits per heavy atom. The maximum atomic E-state index is 12.3. The number of primary amides is 1. The van der Waals surface area contributed by atoms with Crippen LogP contribution in [0.5, 0.6) is 0 Å². The van der Waals surface area contributed by atoms with Gasteiger partial charge < -0.3 is 21.6 Å². The van der Waals surface area contributed by atoms with Gasteiger partial charge in [0.05, 0.1) is 0 Å². The highest BCUT2D eigenvalue weighted by molar-refractivity contribution is 5.99. The molecule has 0 aliphatic carbocycles. The van der Waals surface area contributed by atoms with Crippen molar-refractivity contribution in [3.05, 3.63) is 35.4 Å². The molecule has 1 aromatic carbocycles. The van der Waals surface area contributed by atoms with Crippen LogP contribution >= 0.6 is 0 Å². The number of nitrogens with zero attached hydrogens (tertiary/aromatic N) is 2. The minimum Gasteiger partial charge on any atom is -0.409 e. The summed E-state index contributed by atoms with van der Waals surface area (Å²) >= 11 is 0. The topological polar surface area (TPSA) is 122 Å². The quantitative estimate of drug-likeness (QED) is 0.316. The van der Waals surface area contributed by atoms with Gasteiger partial charge in [0.1, 0.15) is 0 Å². The largest absolute Gasteiger partial charge is 0.409 e. The van der Waals surface area contributed by atoms with Crippen LogP contribution in [0.1, 0.15) is 28.8 Å². The number of nitrogens with two attached hydrogens (primary N) is 2. The smallest absolute Gasteiger partial charge is 0.253 e. The molecule has 0 unspecified atom stereocenters. The molecular formula is C14H18N4O3. The Hall–Kier alpha value is -2.57. The number of amidine groups is 1. The molecule has 7 nitrogen and oxygen atoms in total. The van der Waals surface area contributed by atoms with Crippen LogP contribution in [0, 0.1) is 5.92 Å². The lowest BCUT2D eigenvalue weighted by molar-refractivity contribution is -0.123. The second-order valence-electron chi connectivity index (χ2n) is 5.03. The summed E-state index contributed by atoms with van der Waals surface area (Å²) in [5, 5.41) is 11.5. The fourth-order valence-electron chi connectivity index (χ4n) is 2.39. The molecule has 0 saturated carbocycles. The third-order valence-electron chi connectivity index (χ3n) is 3.72. The van der Waals surface area contributed by atoms with Crippen molar-refractivity contribution in [3.63, 3.8) is 0 Å². The van der Waals surface area contributed by atoms with Crippen LogP contribution in [0.15, 0.2) is 29.4 Å². The maximum Gasteiger partial charge on any atom is 0.253 e. The van der Waals surface area contributed by atoms with Crippen molar-refractivity contribution in [2.24, 2.45) is 22.5 Å². The lowest BCUT2D eigenvalue weighted by Gasteiger charge is -2.30. The number of carbonyl (C=O) groups excluding carboxylic acids is 2. The Bertz CT molecular complexity index is 560. The first kappa shape index (κ1) is 14.8. The van der Waals surface area contributed by atoms with Crippen molar-refractivity contribution in [2.75, 3.05) is 13.1 Å². The van der Waals surface area contributed by atoms with Crippen LogP contribution in [0.3, 0.4) is 0 Å². The molecule has 1 aliphatic rings. The van der Waals surface area contributed by atoms with Crippen molar-refractivity contribution >= 4 is 17.6 Å². The molecule has 2 rings (SSSR count). The summed E-state index contributed by atoms with van der Waals surface area (Å²) in [5.41, 5.74) is 11.8. The van der Waals surface area contributed by atoms with Gasteiger partial charge in [0, 0.05) is 30.1 Å². The Balaban J connectivity index is 2.02. The highest BCUT2D eigenvalue weighted by Gasteiger charge is 2.26. The van der Waals surface area contributed by atoms with Crippen molar-refractivity contribution in [3.8, 4) is 0 Å². The van der Waals surface area contributed by atoms with E-state index in [4.69, 9.17) is 16.7 Å². The standard InChI is InChI=1S/C14H18N4O3/c15-12(17-21)9-1-3-11(4-2-9)14(20)18-7-5-10(6-8-18)13(16)19/h1-4,10,21H,5-8H2,(H2,15,17)(H2,16,19). The maximum absolute atomic E-state index is 12.3. The van der Waals surface area contributed by atoms with Crippen LogP contribution in [0.4, 0.5) is 0 Å². The van der Waals surface area contributed by atoms with Crippen LogP contribution in [0.25, 0.3) is 0 Å². The second-order valence-corrected chi connectivity index (χ2v) is 5.03. The molecule has 0 radical (unpaired) electrons. The van der Waals surface area contributed by atoms with Gasteiger partial charge in [-0.15, -0.1) is 0 Å². The molecule has 5 N–H and O–H groups in total. The monoisotopic (exact) mass is 290 g/mol. The molecule has 0 spiro atoms. The number of carbonyl (C=O) groups is 2. The number of piperidine rings is 1. The van der Waals surface area contributed by atoms with Gasteiger partial charge in [0.15, 0.2) is 5.84 Å². The third-order valence-corrected chi connectivity index (χ3v) is 3.72. The van der Waals surface area contributed by atoms with Gasteiger partial charge in [-0.25, -0.2) is 0 Å². The first-order chi connectivity index (χ1) is 10.0. The molecule has 0 atom stereocenters. The molecule has 21 heavy (non-hydrogen) atoms. The molecular weight excluding hydrogens is 272 g/mol. The van der Waals surface area contributed by atoms with E-state index in [1.807, 2.05) is 0 Å². The van der Waals surface area contributed by atoms with E-state index in [9.17, 15) is 9.59 Å². The molecule has 1 fully saturated rings. The summed E-state index contributed by atoms with van der Waals surface area (Å²) in [4.78, 5) is 25.1. The molecule has 7 heteroatoms. The Morgan fingerprint density at radius 2 is 1.62 bits per heavy atom. The zero-order valence-electron chi connectivity index (χ0n) is 11.5. The number of rotatable bonds is 3. The van der Waals surface area contributed by atoms with E-state index in [0.29, 0.717) is 37.1 Å². The third kappa shape index (κ3) is 3.31. The lowest BCUT2D eigenvalue weighted by atomic mass is 9.96. The van der Waals surface area contributed by atoms with Crippen molar-refractivity contribution in [2.45, 2.75) is 12.8 Å². The Labute approximate surface area is 122 Å². The minimum absolute atomic E-state index is 0.00345. The summed E-state index contributed by atoms with van der Waals surface area (Å²) in [6.07, 6.45) is 1.20. The molecule has 1 heterocycles. The average molecular weight is 290 g/mol. The Morgan fingerprint density at radius 1 is 1.10 bits per heavy atom. The van der Waals surface area contributed by atoms with Gasteiger partial charge >= 0.3 is 0 Å². The van der Waals surface area contributed by atoms with Crippen LogP contribution < -0.4 is 11.5 Å². The summed E-state index contributed by atoms with van der Waals surface area (Å²) < 4.78 is 0. The van der Waals surface area contributed by atoms with E-state index in [1.54, 1.807) is 29.2 Å². The van der Waals surface area contributed by atoms with Gasteiger partial charge in [-0.3, -0.25) is 9.59 Å². The SMILES string of the molecule is NC(=O)C1CCN(C(=O)c2ccc(/C(N)=N/O)cc2)CC1. The molecule has 2 amide bonds. The molecule has 112 valence electrons. The number of hydrogen-bond donors (Lipinski definition) is 3. The molecule has 1 saturated heterocycles. The van der Waals surface area contributed by atoms with E-state index in [-0.39, 0.29) is 23.6 Å². The van der Waals surface area contributed by atoms with Gasteiger partial charge in [-0.05, 0) is 25.0 Å². The average Bonchev–Trinajstić information content (AvgIpc) is 2.53. The van der Waals surface area contributed by atoms with E-state index in [1.165, 1.54) is 0 Å². The number of hydrogen-bond acceptors (Lipinski definition) is 4. The van der Waals surface area contributed by atoms with Gasteiger partial charge in [-0.2, -0.15) is 0 Å². The molecule has 0 bridgehead atoms. The van der Waals surface area contributed by atoms with Crippen LogP contribution in [-0.2, 0) is 4.79 Å². The first-order valence-corrected chi connectivity index (χ1v) is 6.69. The number of oxime groups is 1. The number of amides is 2. The highest BCUT2D eigenvalue weighted by Crippen LogP contribution is 2.19. The Kier molecular flexibility index (Phi) is 4.42. The zero-order valence-corrected chi connectivity index (χ0v) is 11.5. The van der Waals surface area contributed by atoms with Crippen molar-refractivity contribution < 1.29 is 14.8 Å². The predicted octanol–water partition coefficient (Wildman–Crippen LogP) is 0.119. The van der Waals surface area contributed by atoms with Crippen LogP contribution in [-0.4, -0.2) is 40.8 Å². The summed E-state index contributed by atoms with van der Waals surface area (Å²) in [7, 11) is 0. The van der Waals surface area contributed by atoms with Gasteiger partial charge in [0.2, 0.25) is 5.91 Å². The van der Waals surface area contributed by atoms with E-state index >= 15 is 0 Å². The predicted molar refractivity (Wildman–Crippen MR) is 76.8 cm³/mol. The molecule has 1 aromatic rings. The fraction of sp³-hybridized carbons (Fsp3) is 0.357. The highest BCUT2D eigenvalue weighted by atomic mass is 16.4. The van der Waals surface area contributed by atoms with E-state index in [0.717, 1.165) is 0 Å². The van der Waals surface area contributed by atoms with Crippen LogP contribution in [0.2, 0.25) is 0 Å². The van der Waals surface area contributed by atoms with Gasteiger partial charge in [-0.1, -0.05) is 17.3 Å². The fourth-order valence-corrected chi connectivity index (χ4v) is 2.39. The summed E-state index contributed by atoms with van der Waals surface area (Å²) in [5.74, 6) is -0.539. The van der Waals surface area contributed by atoms with Crippen molar-refractivity contribution in [1.29, 1.82) is 0 Å². The molecule has 0 aromatic heterocycles. The first-order valence-electron chi connectivity index (χ1n) is 6.69.